The van der Waals surface area contributed by atoms with Gasteiger partial charge in [-0.05, 0) is 48.6 Å². The lowest BCUT2D eigenvalue weighted by molar-refractivity contribution is -0.384. The van der Waals surface area contributed by atoms with E-state index in [2.05, 4.69) is 5.32 Å². The summed E-state index contributed by atoms with van der Waals surface area (Å²) < 4.78 is 37.5. The maximum Gasteiger partial charge on any atom is 0.338 e. The minimum Gasteiger partial charge on any atom is -0.494 e. The number of methoxy groups -OCH3 is 1. The molecule has 35 heavy (non-hydrogen) atoms. The zero-order chi connectivity index (χ0) is 25.8. The first-order valence-electron chi connectivity index (χ1n) is 10.9. The van der Waals surface area contributed by atoms with Crippen molar-refractivity contribution in [2.24, 2.45) is 11.8 Å². The number of benzene rings is 2. The smallest absolute Gasteiger partial charge is 0.338 e. The number of non-ortho nitro benzene ring substituents is 1. The number of piperidine rings is 1. The molecule has 0 bridgehead atoms. The molecule has 0 spiro atoms. The molecule has 1 amide bonds. The normalized spacial score (nSPS) is 18.5. The molecule has 2 unspecified atom stereocenters. The first-order chi connectivity index (χ1) is 16.5. The monoisotopic (exact) mass is 505 g/mol. The van der Waals surface area contributed by atoms with Crippen LogP contribution in [-0.2, 0) is 19.6 Å². The molecule has 0 saturated carbocycles. The van der Waals surface area contributed by atoms with Crippen LogP contribution in [0.2, 0.25) is 0 Å². The van der Waals surface area contributed by atoms with E-state index in [0.29, 0.717) is 13.1 Å². The van der Waals surface area contributed by atoms with Crippen molar-refractivity contribution < 1.29 is 32.4 Å². The predicted octanol–water partition coefficient (Wildman–Crippen LogP) is 3.07. The van der Waals surface area contributed by atoms with Crippen LogP contribution in [0, 0.1) is 22.0 Å². The number of rotatable bonds is 8. The van der Waals surface area contributed by atoms with Crippen molar-refractivity contribution in [1.82, 2.24) is 4.31 Å². The number of amides is 1. The zero-order valence-corrected chi connectivity index (χ0v) is 20.4. The van der Waals surface area contributed by atoms with Gasteiger partial charge in [0.25, 0.3) is 11.6 Å². The molecule has 12 heteroatoms. The van der Waals surface area contributed by atoms with Crippen LogP contribution in [0.5, 0.6) is 5.75 Å². The molecule has 1 aliphatic heterocycles. The Morgan fingerprint density at radius 1 is 1.11 bits per heavy atom. The summed E-state index contributed by atoms with van der Waals surface area (Å²) >= 11 is 0. The summed E-state index contributed by atoms with van der Waals surface area (Å²) in [6, 6.07) is 9.02. The third-order valence-corrected chi connectivity index (χ3v) is 7.41. The molecule has 1 fully saturated rings. The molecule has 2 aromatic carbocycles. The van der Waals surface area contributed by atoms with Crippen molar-refractivity contribution in [1.29, 1.82) is 0 Å². The standard InChI is InChI=1S/C23H27N3O8S/c1-15-10-16(2)13-25(12-15)35(31,32)19-7-4-17(5-8-19)23(28)34-14-22(27)24-20-9-6-18(26(29)30)11-21(20)33-3/h4-9,11,15-16H,10,12-14H2,1-3H3,(H,24,27). The van der Waals surface area contributed by atoms with Gasteiger partial charge in [-0.3, -0.25) is 14.9 Å². The van der Waals surface area contributed by atoms with Crippen molar-refractivity contribution in [3.8, 4) is 5.75 Å². The molecule has 2 atom stereocenters. The first-order valence-corrected chi connectivity index (χ1v) is 12.3. The number of carbonyl (C=O) groups is 2. The molecular formula is C23H27N3O8S. The van der Waals surface area contributed by atoms with Crippen molar-refractivity contribution >= 4 is 33.3 Å². The highest BCUT2D eigenvalue weighted by Crippen LogP contribution is 2.29. The average Bonchev–Trinajstić information content (AvgIpc) is 2.82. The Hall–Kier alpha value is -3.51. The van der Waals surface area contributed by atoms with Crippen LogP contribution in [0.4, 0.5) is 11.4 Å². The molecular weight excluding hydrogens is 478 g/mol. The minimum absolute atomic E-state index is 0.0770. The van der Waals surface area contributed by atoms with Gasteiger partial charge in [0, 0.05) is 19.2 Å². The molecule has 1 heterocycles. The average molecular weight is 506 g/mol. The van der Waals surface area contributed by atoms with Gasteiger partial charge in [-0.25, -0.2) is 13.2 Å². The number of nitrogens with zero attached hydrogens (tertiary/aromatic N) is 2. The quantitative estimate of drug-likeness (QED) is 0.327. The van der Waals surface area contributed by atoms with E-state index in [9.17, 15) is 28.1 Å². The van der Waals surface area contributed by atoms with E-state index in [1.165, 1.54) is 47.8 Å². The summed E-state index contributed by atoms with van der Waals surface area (Å²) in [6.07, 6.45) is 0.974. The number of anilines is 1. The third kappa shape index (κ3) is 6.34. The fourth-order valence-corrected chi connectivity index (χ4v) is 5.69. The van der Waals surface area contributed by atoms with Crippen molar-refractivity contribution in [2.75, 3.05) is 32.1 Å². The molecule has 1 N–H and O–H groups in total. The van der Waals surface area contributed by atoms with E-state index in [1.54, 1.807) is 0 Å². The first kappa shape index (κ1) is 26.1. The molecule has 11 nitrogen and oxygen atoms in total. The number of esters is 1. The maximum absolute atomic E-state index is 13.0. The van der Waals surface area contributed by atoms with Crippen molar-refractivity contribution in [3.05, 3.63) is 58.1 Å². The van der Waals surface area contributed by atoms with E-state index < -0.39 is 33.4 Å². The van der Waals surface area contributed by atoms with Crippen molar-refractivity contribution in [3.63, 3.8) is 0 Å². The number of carbonyl (C=O) groups excluding carboxylic acids is 2. The Morgan fingerprint density at radius 3 is 2.31 bits per heavy atom. The van der Waals surface area contributed by atoms with Gasteiger partial charge in [-0.1, -0.05) is 13.8 Å². The highest BCUT2D eigenvalue weighted by molar-refractivity contribution is 7.89. The second-order valence-corrected chi connectivity index (χ2v) is 10.5. The van der Waals surface area contributed by atoms with E-state index in [0.717, 1.165) is 12.5 Å². The van der Waals surface area contributed by atoms with Crippen LogP contribution in [0.15, 0.2) is 47.4 Å². The lowest BCUT2D eigenvalue weighted by Gasteiger charge is -2.34. The van der Waals surface area contributed by atoms with Crippen LogP contribution in [-0.4, -0.2) is 56.3 Å². The van der Waals surface area contributed by atoms with Gasteiger partial charge in [-0.15, -0.1) is 0 Å². The van der Waals surface area contributed by atoms with Gasteiger partial charge >= 0.3 is 5.97 Å². The number of hydrogen-bond acceptors (Lipinski definition) is 8. The van der Waals surface area contributed by atoms with Gasteiger partial charge < -0.3 is 14.8 Å². The SMILES string of the molecule is COc1cc([N+](=O)[O-])ccc1NC(=O)COC(=O)c1ccc(S(=O)(=O)N2CC(C)CC(C)C2)cc1. The molecule has 1 aliphatic rings. The summed E-state index contributed by atoms with van der Waals surface area (Å²) in [5, 5.41) is 13.3. The summed E-state index contributed by atoms with van der Waals surface area (Å²) in [5.74, 6) is -0.883. The largest absolute Gasteiger partial charge is 0.494 e. The molecule has 0 aromatic heterocycles. The summed E-state index contributed by atoms with van der Waals surface area (Å²) in [6.45, 7) is 4.31. The van der Waals surface area contributed by atoms with Gasteiger partial charge in [0.1, 0.15) is 5.75 Å². The molecule has 0 aliphatic carbocycles. The van der Waals surface area contributed by atoms with Gasteiger partial charge in [0.05, 0.1) is 34.2 Å². The second-order valence-electron chi connectivity index (χ2n) is 8.56. The number of hydrogen-bond donors (Lipinski definition) is 1. The Morgan fingerprint density at radius 2 is 1.74 bits per heavy atom. The Kier molecular flexibility index (Phi) is 8.07. The Labute approximate surface area is 203 Å². The number of nitro groups is 1. The van der Waals surface area contributed by atoms with Crippen LogP contribution >= 0.6 is 0 Å². The highest BCUT2D eigenvalue weighted by Gasteiger charge is 2.31. The summed E-state index contributed by atoms with van der Waals surface area (Å²) in [7, 11) is -2.39. The van der Waals surface area contributed by atoms with Crippen molar-refractivity contribution in [2.45, 2.75) is 25.2 Å². The Bertz CT molecular complexity index is 1200. The number of ether oxygens (including phenoxy) is 2. The second kappa shape index (κ2) is 10.8. The molecule has 3 rings (SSSR count). The van der Waals surface area contributed by atoms with Crippen LogP contribution in [0.1, 0.15) is 30.6 Å². The predicted molar refractivity (Wildman–Crippen MR) is 127 cm³/mol. The van der Waals surface area contributed by atoms with Crippen LogP contribution in [0.25, 0.3) is 0 Å². The minimum atomic E-state index is -3.68. The van der Waals surface area contributed by atoms with Crippen LogP contribution in [0.3, 0.4) is 0 Å². The summed E-state index contributed by atoms with van der Waals surface area (Å²) in [4.78, 5) is 34.9. The van der Waals surface area contributed by atoms with Crippen LogP contribution < -0.4 is 10.1 Å². The zero-order valence-electron chi connectivity index (χ0n) is 19.6. The van der Waals surface area contributed by atoms with Gasteiger partial charge in [0.15, 0.2) is 6.61 Å². The number of sulfonamides is 1. The maximum atomic E-state index is 13.0. The third-order valence-electron chi connectivity index (χ3n) is 5.57. The van der Waals surface area contributed by atoms with E-state index in [4.69, 9.17) is 9.47 Å². The lowest BCUT2D eigenvalue weighted by atomic mass is 9.94. The van der Waals surface area contributed by atoms with E-state index in [1.807, 2.05) is 13.8 Å². The van der Waals surface area contributed by atoms with E-state index in [-0.39, 0.29) is 39.4 Å². The fourth-order valence-electron chi connectivity index (χ4n) is 4.01. The Balaban J connectivity index is 1.60. The lowest BCUT2D eigenvalue weighted by Crippen LogP contribution is -2.42. The van der Waals surface area contributed by atoms with E-state index >= 15 is 0 Å². The number of nitrogens with one attached hydrogen (secondary N) is 1. The molecule has 188 valence electrons. The highest BCUT2D eigenvalue weighted by atomic mass is 32.2. The number of nitro benzene ring substituents is 1. The molecule has 1 saturated heterocycles. The molecule has 0 radical (unpaired) electrons. The van der Waals surface area contributed by atoms with Gasteiger partial charge in [-0.2, -0.15) is 4.31 Å². The topological polar surface area (TPSA) is 145 Å². The fraction of sp³-hybridized carbons (Fsp3) is 0.391. The molecule has 2 aromatic rings. The summed E-state index contributed by atoms with van der Waals surface area (Å²) in [5.41, 5.74) is 0.0566. The van der Waals surface area contributed by atoms with Gasteiger partial charge in [0.2, 0.25) is 10.0 Å².